The van der Waals surface area contributed by atoms with E-state index in [1.165, 1.54) is 11.3 Å². The van der Waals surface area contributed by atoms with Gasteiger partial charge in [0.05, 0.1) is 0 Å². The average molecular weight is 268 g/mol. The minimum absolute atomic E-state index is 0.766. The van der Waals surface area contributed by atoms with Gasteiger partial charge in [-0.2, -0.15) is 0 Å². The standard InChI is InChI=1S/C17H20N2O/c1-2-7-16(8-3-1)18-10-11-19-12-13-20-17-9-5-4-6-15(17)14-19/h1-9,18H,10-14H2. The van der Waals surface area contributed by atoms with E-state index < -0.39 is 0 Å². The van der Waals surface area contributed by atoms with Crippen molar-refractivity contribution < 1.29 is 4.74 Å². The van der Waals surface area contributed by atoms with E-state index in [4.69, 9.17) is 4.74 Å². The van der Waals surface area contributed by atoms with Crippen LogP contribution in [0.2, 0.25) is 0 Å². The summed E-state index contributed by atoms with van der Waals surface area (Å²) in [4.78, 5) is 2.43. The van der Waals surface area contributed by atoms with Gasteiger partial charge in [0.15, 0.2) is 0 Å². The third-order valence-electron chi connectivity index (χ3n) is 3.56. The lowest BCUT2D eigenvalue weighted by molar-refractivity contribution is 0.232. The molecule has 2 aromatic carbocycles. The summed E-state index contributed by atoms with van der Waals surface area (Å²) < 4.78 is 5.78. The summed E-state index contributed by atoms with van der Waals surface area (Å²) in [6.45, 7) is 4.68. The molecule has 104 valence electrons. The zero-order chi connectivity index (χ0) is 13.6. The second kappa shape index (κ2) is 6.44. The molecule has 0 saturated heterocycles. The number of anilines is 1. The van der Waals surface area contributed by atoms with Crippen LogP contribution in [0.3, 0.4) is 0 Å². The van der Waals surface area contributed by atoms with Gasteiger partial charge in [-0.1, -0.05) is 36.4 Å². The Morgan fingerprint density at radius 1 is 1.00 bits per heavy atom. The smallest absolute Gasteiger partial charge is 0.123 e. The van der Waals surface area contributed by atoms with Crippen molar-refractivity contribution in [2.75, 3.05) is 31.6 Å². The van der Waals surface area contributed by atoms with Crippen molar-refractivity contribution in [2.24, 2.45) is 0 Å². The summed E-state index contributed by atoms with van der Waals surface area (Å²) in [6.07, 6.45) is 0. The minimum Gasteiger partial charge on any atom is -0.492 e. The molecule has 1 heterocycles. The highest BCUT2D eigenvalue weighted by atomic mass is 16.5. The average Bonchev–Trinajstić information content (AvgIpc) is 2.70. The number of rotatable bonds is 4. The lowest BCUT2D eigenvalue weighted by Gasteiger charge is -2.19. The zero-order valence-electron chi connectivity index (χ0n) is 11.6. The van der Waals surface area contributed by atoms with Gasteiger partial charge in [-0.15, -0.1) is 0 Å². The van der Waals surface area contributed by atoms with Crippen LogP contribution >= 0.6 is 0 Å². The van der Waals surface area contributed by atoms with Crippen LogP contribution in [0.15, 0.2) is 54.6 Å². The van der Waals surface area contributed by atoms with Crippen LogP contribution in [-0.4, -0.2) is 31.1 Å². The van der Waals surface area contributed by atoms with Gasteiger partial charge < -0.3 is 10.1 Å². The number of benzene rings is 2. The molecule has 0 atom stereocenters. The summed E-state index contributed by atoms with van der Waals surface area (Å²) in [5.41, 5.74) is 2.46. The van der Waals surface area contributed by atoms with Gasteiger partial charge in [0.1, 0.15) is 12.4 Å². The highest BCUT2D eigenvalue weighted by Crippen LogP contribution is 2.22. The van der Waals surface area contributed by atoms with Crippen molar-refractivity contribution in [1.29, 1.82) is 0 Å². The predicted molar refractivity (Wildman–Crippen MR) is 82.1 cm³/mol. The van der Waals surface area contributed by atoms with Gasteiger partial charge in [-0.05, 0) is 18.2 Å². The Morgan fingerprint density at radius 3 is 2.70 bits per heavy atom. The largest absolute Gasteiger partial charge is 0.492 e. The molecular weight excluding hydrogens is 248 g/mol. The SMILES string of the molecule is c1ccc(NCCN2CCOc3ccccc3C2)cc1. The lowest BCUT2D eigenvalue weighted by atomic mass is 10.2. The maximum absolute atomic E-state index is 5.78. The second-order valence-corrected chi connectivity index (χ2v) is 5.03. The number of nitrogens with zero attached hydrogens (tertiary/aromatic N) is 1. The van der Waals surface area contributed by atoms with E-state index in [1.54, 1.807) is 0 Å². The van der Waals surface area contributed by atoms with E-state index >= 15 is 0 Å². The first kappa shape index (κ1) is 13.0. The van der Waals surface area contributed by atoms with Crippen molar-refractivity contribution in [3.63, 3.8) is 0 Å². The van der Waals surface area contributed by atoms with Crippen LogP contribution in [0.1, 0.15) is 5.56 Å². The third-order valence-corrected chi connectivity index (χ3v) is 3.56. The first-order valence-corrected chi connectivity index (χ1v) is 7.14. The van der Waals surface area contributed by atoms with E-state index in [2.05, 4.69) is 52.7 Å². The molecule has 0 aliphatic carbocycles. The number of ether oxygens (including phenoxy) is 1. The zero-order valence-corrected chi connectivity index (χ0v) is 11.6. The Labute approximate surface area is 120 Å². The van der Waals surface area contributed by atoms with Crippen molar-refractivity contribution in [1.82, 2.24) is 4.90 Å². The van der Waals surface area contributed by atoms with Gasteiger partial charge >= 0.3 is 0 Å². The normalized spacial score (nSPS) is 15.0. The molecule has 3 heteroatoms. The molecule has 0 amide bonds. The Morgan fingerprint density at radius 2 is 1.80 bits per heavy atom. The number of hydrogen-bond acceptors (Lipinski definition) is 3. The maximum atomic E-state index is 5.78. The monoisotopic (exact) mass is 268 g/mol. The highest BCUT2D eigenvalue weighted by Gasteiger charge is 2.13. The fourth-order valence-electron chi connectivity index (χ4n) is 2.49. The van der Waals surface area contributed by atoms with E-state index in [-0.39, 0.29) is 0 Å². The van der Waals surface area contributed by atoms with Crippen molar-refractivity contribution >= 4 is 5.69 Å². The van der Waals surface area contributed by atoms with Gasteiger partial charge in [0.25, 0.3) is 0 Å². The molecule has 2 aromatic rings. The summed E-state index contributed by atoms with van der Waals surface area (Å²) >= 11 is 0. The Bertz CT molecular complexity index is 542. The molecule has 1 aliphatic rings. The molecule has 20 heavy (non-hydrogen) atoms. The van der Waals surface area contributed by atoms with Crippen LogP contribution < -0.4 is 10.1 Å². The van der Waals surface area contributed by atoms with Crippen molar-refractivity contribution in [3.8, 4) is 5.75 Å². The Kier molecular flexibility index (Phi) is 4.19. The van der Waals surface area contributed by atoms with E-state index in [9.17, 15) is 0 Å². The van der Waals surface area contributed by atoms with Gasteiger partial charge in [-0.3, -0.25) is 4.90 Å². The number of fused-ring (bicyclic) bond motifs is 1. The summed E-state index contributed by atoms with van der Waals surface area (Å²) in [6, 6.07) is 18.7. The molecule has 0 aromatic heterocycles. The summed E-state index contributed by atoms with van der Waals surface area (Å²) in [5.74, 6) is 1.03. The van der Waals surface area contributed by atoms with Crippen LogP contribution in [-0.2, 0) is 6.54 Å². The molecule has 0 fully saturated rings. The highest BCUT2D eigenvalue weighted by molar-refractivity contribution is 5.42. The Hall–Kier alpha value is -2.00. The molecule has 3 nitrogen and oxygen atoms in total. The summed E-state index contributed by atoms with van der Waals surface area (Å²) in [7, 11) is 0. The van der Waals surface area contributed by atoms with E-state index in [1.807, 2.05) is 12.1 Å². The molecule has 0 unspecified atom stereocenters. The minimum atomic E-state index is 0.766. The Balaban J connectivity index is 1.54. The molecule has 1 N–H and O–H groups in total. The van der Waals surface area contributed by atoms with Crippen molar-refractivity contribution in [2.45, 2.75) is 6.54 Å². The van der Waals surface area contributed by atoms with Gasteiger partial charge in [0, 0.05) is 37.4 Å². The predicted octanol–water partition coefficient (Wildman–Crippen LogP) is 2.99. The summed E-state index contributed by atoms with van der Waals surface area (Å²) in [5, 5.41) is 3.45. The quantitative estimate of drug-likeness (QED) is 0.922. The molecule has 0 radical (unpaired) electrons. The van der Waals surface area contributed by atoms with E-state index in [0.717, 1.165) is 38.5 Å². The second-order valence-electron chi connectivity index (χ2n) is 5.03. The number of para-hydroxylation sites is 2. The maximum Gasteiger partial charge on any atom is 0.123 e. The fourth-order valence-corrected chi connectivity index (χ4v) is 2.49. The van der Waals surface area contributed by atoms with Crippen molar-refractivity contribution in [3.05, 3.63) is 60.2 Å². The molecule has 1 aliphatic heterocycles. The topological polar surface area (TPSA) is 24.5 Å². The first-order valence-electron chi connectivity index (χ1n) is 7.14. The van der Waals surface area contributed by atoms with Crippen LogP contribution in [0, 0.1) is 0 Å². The number of hydrogen-bond donors (Lipinski definition) is 1. The van der Waals surface area contributed by atoms with Crippen LogP contribution in [0.4, 0.5) is 5.69 Å². The fraction of sp³-hybridized carbons (Fsp3) is 0.294. The molecule has 0 bridgehead atoms. The lowest BCUT2D eigenvalue weighted by Crippen LogP contribution is -2.30. The molecule has 0 spiro atoms. The van der Waals surface area contributed by atoms with Gasteiger partial charge in [0.2, 0.25) is 0 Å². The molecule has 3 rings (SSSR count). The van der Waals surface area contributed by atoms with Crippen LogP contribution in [0.25, 0.3) is 0 Å². The van der Waals surface area contributed by atoms with Gasteiger partial charge in [-0.25, -0.2) is 0 Å². The van der Waals surface area contributed by atoms with Crippen LogP contribution in [0.5, 0.6) is 5.75 Å². The first-order chi connectivity index (χ1) is 9.92. The van der Waals surface area contributed by atoms with E-state index in [0.29, 0.717) is 0 Å². The third kappa shape index (κ3) is 3.31. The molecular formula is C17H20N2O. The molecule has 0 saturated carbocycles. The number of nitrogens with one attached hydrogen (secondary N) is 1.